The van der Waals surface area contributed by atoms with E-state index in [1.54, 1.807) is 0 Å². The third-order valence-electron chi connectivity index (χ3n) is 5.69. The van der Waals surface area contributed by atoms with Crippen molar-refractivity contribution in [3.63, 3.8) is 0 Å². The van der Waals surface area contributed by atoms with Gasteiger partial charge >= 0.3 is 0 Å². The van der Waals surface area contributed by atoms with Crippen LogP contribution in [0.4, 0.5) is 0 Å². The molecule has 5 heteroatoms. The Bertz CT molecular complexity index is 597. The summed E-state index contributed by atoms with van der Waals surface area (Å²) in [6, 6.07) is 8.35. The second-order valence-electron chi connectivity index (χ2n) is 7.68. The molecule has 0 aliphatic carbocycles. The van der Waals surface area contributed by atoms with E-state index in [0.29, 0.717) is 12.5 Å². The molecule has 1 amide bonds. The van der Waals surface area contributed by atoms with Gasteiger partial charge in [0.2, 0.25) is 5.91 Å². The maximum Gasteiger partial charge on any atom is 0.226 e. The van der Waals surface area contributed by atoms with Crippen LogP contribution in [-0.2, 0) is 16.1 Å². The maximum absolute atomic E-state index is 12.7. The van der Waals surface area contributed by atoms with Gasteiger partial charge in [-0.25, -0.2) is 0 Å². The number of ether oxygens (including phenoxy) is 2. The van der Waals surface area contributed by atoms with Crippen LogP contribution in [0.15, 0.2) is 24.3 Å². The van der Waals surface area contributed by atoms with Gasteiger partial charge in [0.15, 0.2) is 0 Å². The molecule has 2 aliphatic heterocycles. The first-order valence-corrected chi connectivity index (χ1v) is 10.5. The second kappa shape index (κ2) is 10.1. The fourth-order valence-corrected chi connectivity index (χ4v) is 4.15. The molecule has 2 saturated heterocycles. The number of amides is 1. The molecule has 0 saturated carbocycles. The van der Waals surface area contributed by atoms with E-state index in [1.807, 2.05) is 11.0 Å². The first kappa shape index (κ1) is 20.2. The van der Waals surface area contributed by atoms with Crippen molar-refractivity contribution in [2.45, 2.75) is 52.2 Å². The molecule has 150 valence electrons. The molecule has 2 atom stereocenters. The minimum Gasteiger partial charge on any atom is -0.491 e. The molecule has 2 heterocycles. The summed E-state index contributed by atoms with van der Waals surface area (Å²) in [5.41, 5.74) is 1.25. The van der Waals surface area contributed by atoms with Gasteiger partial charge in [-0.05, 0) is 63.8 Å². The van der Waals surface area contributed by atoms with Gasteiger partial charge in [0, 0.05) is 32.8 Å². The first-order valence-electron chi connectivity index (χ1n) is 10.5. The monoisotopic (exact) mass is 374 g/mol. The molecule has 1 aromatic carbocycles. The van der Waals surface area contributed by atoms with Crippen LogP contribution in [0.25, 0.3) is 0 Å². The molecule has 0 bridgehead atoms. The van der Waals surface area contributed by atoms with E-state index in [4.69, 9.17) is 9.47 Å². The van der Waals surface area contributed by atoms with Gasteiger partial charge in [-0.1, -0.05) is 12.1 Å². The van der Waals surface area contributed by atoms with Crippen LogP contribution in [0, 0.1) is 5.92 Å². The quantitative estimate of drug-likeness (QED) is 0.700. The Morgan fingerprint density at radius 3 is 2.85 bits per heavy atom. The molecule has 0 N–H and O–H groups in total. The number of hydrogen-bond acceptors (Lipinski definition) is 4. The fraction of sp³-hybridized carbons (Fsp3) is 0.682. The largest absolute Gasteiger partial charge is 0.491 e. The van der Waals surface area contributed by atoms with E-state index in [-0.39, 0.29) is 12.0 Å². The topological polar surface area (TPSA) is 42.0 Å². The third-order valence-corrected chi connectivity index (χ3v) is 5.69. The first-order chi connectivity index (χ1) is 13.2. The van der Waals surface area contributed by atoms with Crippen molar-refractivity contribution >= 4 is 5.91 Å². The number of hydrogen-bond donors (Lipinski definition) is 0. The Morgan fingerprint density at radius 1 is 1.26 bits per heavy atom. The molecule has 0 spiro atoms. The van der Waals surface area contributed by atoms with Crippen LogP contribution in [0.3, 0.4) is 0 Å². The smallest absolute Gasteiger partial charge is 0.226 e. The van der Waals surface area contributed by atoms with Crippen molar-refractivity contribution in [1.29, 1.82) is 0 Å². The summed E-state index contributed by atoms with van der Waals surface area (Å²) < 4.78 is 11.6. The molecule has 2 fully saturated rings. The molecule has 1 aromatic rings. The second-order valence-corrected chi connectivity index (χ2v) is 7.68. The normalized spacial score (nSPS) is 23.3. The van der Waals surface area contributed by atoms with Crippen LogP contribution in [0.5, 0.6) is 5.75 Å². The SMILES string of the molecule is CCN(CC)C(=O)C1CCCN(Cc2cccc(OCC3CCCO3)c2)C1. The van der Waals surface area contributed by atoms with Crippen LogP contribution in [0.2, 0.25) is 0 Å². The van der Waals surface area contributed by atoms with Crippen LogP contribution in [-0.4, -0.2) is 61.2 Å². The number of benzene rings is 1. The zero-order valence-electron chi connectivity index (χ0n) is 16.9. The highest BCUT2D eigenvalue weighted by Crippen LogP contribution is 2.23. The lowest BCUT2D eigenvalue weighted by atomic mass is 9.96. The summed E-state index contributed by atoms with van der Waals surface area (Å²) in [4.78, 5) is 17.1. The molecule has 27 heavy (non-hydrogen) atoms. The number of nitrogens with zero attached hydrogens (tertiary/aromatic N) is 2. The lowest BCUT2D eigenvalue weighted by Crippen LogP contribution is -2.44. The Balaban J connectivity index is 1.53. The average molecular weight is 375 g/mol. The van der Waals surface area contributed by atoms with Crippen LogP contribution in [0.1, 0.15) is 45.1 Å². The standard InChI is InChI=1S/C22H34N2O3/c1-3-24(4-2)22(25)19-9-6-12-23(16-19)15-18-8-5-10-20(14-18)27-17-21-11-7-13-26-21/h5,8,10,14,19,21H,3-4,6-7,9,11-13,15-17H2,1-2H3. The van der Waals surface area contributed by atoms with Crippen molar-refractivity contribution in [3.05, 3.63) is 29.8 Å². The van der Waals surface area contributed by atoms with Crippen molar-refractivity contribution < 1.29 is 14.3 Å². The summed E-state index contributed by atoms with van der Waals surface area (Å²) in [5, 5.41) is 0. The summed E-state index contributed by atoms with van der Waals surface area (Å²) in [6.45, 7) is 10.0. The Morgan fingerprint density at radius 2 is 2.11 bits per heavy atom. The van der Waals surface area contributed by atoms with Crippen molar-refractivity contribution in [2.24, 2.45) is 5.92 Å². The Kier molecular flexibility index (Phi) is 7.53. The highest BCUT2D eigenvalue weighted by molar-refractivity contribution is 5.79. The summed E-state index contributed by atoms with van der Waals surface area (Å²) >= 11 is 0. The fourth-order valence-electron chi connectivity index (χ4n) is 4.15. The molecule has 0 radical (unpaired) electrons. The van der Waals surface area contributed by atoms with E-state index in [2.05, 4.69) is 36.9 Å². The maximum atomic E-state index is 12.7. The van der Waals surface area contributed by atoms with E-state index in [1.165, 1.54) is 5.56 Å². The van der Waals surface area contributed by atoms with Crippen LogP contribution >= 0.6 is 0 Å². The van der Waals surface area contributed by atoms with E-state index < -0.39 is 0 Å². The van der Waals surface area contributed by atoms with Gasteiger partial charge in [-0.2, -0.15) is 0 Å². The highest BCUT2D eigenvalue weighted by Gasteiger charge is 2.28. The number of carbonyl (C=O) groups is 1. The molecule has 2 unspecified atom stereocenters. The Labute approximate surface area is 163 Å². The number of likely N-dealkylation sites (tertiary alicyclic amines) is 1. The molecule has 3 rings (SSSR count). The number of piperidine rings is 1. The summed E-state index contributed by atoms with van der Waals surface area (Å²) in [7, 11) is 0. The molecule has 5 nitrogen and oxygen atoms in total. The lowest BCUT2D eigenvalue weighted by molar-refractivity contribution is -0.137. The number of rotatable bonds is 8. The summed E-state index contributed by atoms with van der Waals surface area (Å²) in [5.74, 6) is 1.37. The average Bonchev–Trinajstić information content (AvgIpc) is 3.21. The predicted octanol–water partition coefficient (Wildman–Crippen LogP) is 3.32. The van der Waals surface area contributed by atoms with Gasteiger partial charge in [-0.3, -0.25) is 9.69 Å². The van der Waals surface area contributed by atoms with Crippen molar-refractivity contribution in [1.82, 2.24) is 9.80 Å². The van der Waals surface area contributed by atoms with E-state index in [9.17, 15) is 4.79 Å². The minimum absolute atomic E-state index is 0.137. The summed E-state index contributed by atoms with van der Waals surface area (Å²) in [6.07, 6.45) is 4.57. The number of carbonyl (C=O) groups excluding carboxylic acids is 1. The van der Waals surface area contributed by atoms with Crippen molar-refractivity contribution in [2.75, 3.05) is 39.4 Å². The zero-order chi connectivity index (χ0) is 19.1. The van der Waals surface area contributed by atoms with Crippen LogP contribution < -0.4 is 4.74 Å². The van der Waals surface area contributed by atoms with Crippen molar-refractivity contribution in [3.8, 4) is 5.75 Å². The highest BCUT2D eigenvalue weighted by atomic mass is 16.5. The molecular formula is C22H34N2O3. The van der Waals surface area contributed by atoms with E-state index in [0.717, 1.165) is 70.8 Å². The molecule has 0 aromatic heterocycles. The zero-order valence-corrected chi connectivity index (χ0v) is 16.9. The molecular weight excluding hydrogens is 340 g/mol. The van der Waals surface area contributed by atoms with Gasteiger partial charge in [0.05, 0.1) is 12.0 Å². The lowest BCUT2D eigenvalue weighted by Gasteiger charge is -2.34. The van der Waals surface area contributed by atoms with Gasteiger partial charge < -0.3 is 14.4 Å². The molecule has 2 aliphatic rings. The van der Waals surface area contributed by atoms with Gasteiger partial charge in [0.1, 0.15) is 12.4 Å². The van der Waals surface area contributed by atoms with Gasteiger partial charge in [-0.15, -0.1) is 0 Å². The Hall–Kier alpha value is -1.59. The third kappa shape index (κ3) is 5.69. The van der Waals surface area contributed by atoms with E-state index >= 15 is 0 Å². The predicted molar refractivity (Wildman–Crippen MR) is 107 cm³/mol. The minimum atomic E-state index is 0.137. The van der Waals surface area contributed by atoms with Gasteiger partial charge in [0.25, 0.3) is 0 Å².